The Hall–Kier alpha value is -2.06. The van der Waals surface area contributed by atoms with E-state index in [0.717, 1.165) is 0 Å². The van der Waals surface area contributed by atoms with Crippen molar-refractivity contribution in [3.05, 3.63) is 60.2 Å². The van der Waals surface area contributed by atoms with Crippen LogP contribution in [0.25, 0.3) is 22.2 Å². The van der Waals surface area contributed by atoms with Crippen LogP contribution in [0.2, 0.25) is 0 Å². The standard InChI is InChI=1S/C17H17NO/c1-13-8-9-15-11-17(14-6-4-3-5-7-14)18(12-19-2)16(15)10-13/h3-11H,12H2,1-2H3. The molecular formula is C17H17NO. The lowest BCUT2D eigenvalue weighted by Crippen LogP contribution is -2.01. The maximum atomic E-state index is 5.36. The fourth-order valence-electron chi connectivity index (χ4n) is 2.48. The molecule has 1 heterocycles. The van der Waals surface area contributed by atoms with Gasteiger partial charge in [0.15, 0.2) is 0 Å². The van der Waals surface area contributed by atoms with E-state index in [1.54, 1.807) is 7.11 Å². The number of aromatic nitrogens is 1. The Balaban J connectivity index is 2.26. The van der Waals surface area contributed by atoms with Crippen molar-refractivity contribution in [1.29, 1.82) is 0 Å². The van der Waals surface area contributed by atoms with Crippen LogP contribution in [0.3, 0.4) is 0 Å². The second kappa shape index (κ2) is 4.90. The minimum atomic E-state index is 0.567. The summed E-state index contributed by atoms with van der Waals surface area (Å²) in [5.74, 6) is 0. The SMILES string of the molecule is COCn1c(-c2ccccc2)cc2ccc(C)cc21. The number of rotatable bonds is 3. The molecule has 2 heteroatoms. The average molecular weight is 251 g/mol. The molecule has 96 valence electrons. The molecular weight excluding hydrogens is 234 g/mol. The van der Waals surface area contributed by atoms with Gasteiger partial charge >= 0.3 is 0 Å². The Bertz CT molecular complexity index is 698. The fourth-order valence-corrected chi connectivity index (χ4v) is 2.48. The average Bonchev–Trinajstić information content (AvgIpc) is 2.79. The zero-order valence-electron chi connectivity index (χ0n) is 11.3. The van der Waals surface area contributed by atoms with E-state index in [4.69, 9.17) is 4.74 Å². The first-order chi connectivity index (χ1) is 9.29. The summed E-state index contributed by atoms with van der Waals surface area (Å²) in [5, 5.41) is 1.25. The van der Waals surface area contributed by atoms with Crippen LogP contribution in [0.15, 0.2) is 54.6 Å². The van der Waals surface area contributed by atoms with E-state index in [9.17, 15) is 0 Å². The summed E-state index contributed by atoms with van der Waals surface area (Å²) in [6, 6.07) is 19.2. The number of hydrogen-bond donors (Lipinski definition) is 0. The van der Waals surface area contributed by atoms with Crippen LogP contribution in [0.5, 0.6) is 0 Å². The number of aryl methyl sites for hydroxylation is 1. The topological polar surface area (TPSA) is 14.2 Å². The van der Waals surface area contributed by atoms with Crippen molar-refractivity contribution in [2.24, 2.45) is 0 Å². The molecule has 0 aliphatic carbocycles. The highest BCUT2D eigenvalue weighted by atomic mass is 16.5. The molecule has 0 amide bonds. The van der Waals surface area contributed by atoms with Crippen molar-refractivity contribution in [2.45, 2.75) is 13.7 Å². The molecule has 0 unspecified atom stereocenters. The molecule has 3 aromatic rings. The maximum absolute atomic E-state index is 5.36. The van der Waals surface area contributed by atoms with Gasteiger partial charge in [-0.2, -0.15) is 0 Å². The molecule has 0 aliphatic rings. The van der Waals surface area contributed by atoms with Crippen molar-refractivity contribution < 1.29 is 4.74 Å². The summed E-state index contributed by atoms with van der Waals surface area (Å²) in [4.78, 5) is 0. The number of ether oxygens (including phenoxy) is 1. The first-order valence-electron chi connectivity index (χ1n) is 6.44. The van der Waals surface area contributed by atoms with Crippen molar-refractivity contribution in [2.75, 3.05) is 7.11 Å². The monoisotopic (exact) mass is 251 g/mol. The quantitative estimate of drug-likeness (QED) is 0.679. The van der Waals surface area contributed by atoms with Gasteiger partial charge in [0.25, 0.3) is 0 Å². The highest BCUT2D eigenvalue weighted by molar-refractivity contribution is 5.87. The molecule has 1 aromatic heterocycles. The molecule has 2 nitrogen and oxygen atoms in total. The summed E-state index contributed by atoms with van der Waals surface area (Å²) in [6.45, 7) is 2.68. The number of fused-ring (bicyclic) bond motifs is 1. The summed E-state index contributed by atoms with van der Waals surface area (Å²) < 4.78 is 7.58. The molecule has 0 fully saturated rings. The Morgan fingerprint density at radius 3 is 2.53 bits per heavy atom. The molecule has 0 bridgehead atoms. The zero-order chi connectivity index (χ0) is 13.2. The minimum Gasteiger partial charge on any atom is -0.364 e. The van der Waals surface area contributed by atoms with Crippen LogP contribution in [-0.2, 0) is 11.5 Å². The van der Waals surface area contributed by atoms with Crippen LogP contribution in [0.4, 0.5) is 0 Å². The van der Waals surface area contributed by atoms with Gasteiger partial charge in [0, 0.05) is 12.5 Å². The molecule has 0 aliphatic heterocycles. The van der Waals surface area contributed by atoms with Crippen molar-refractivity contribution >= 4 is 10.9 Å². The lowest BCUT2D eigenvalue weighted by atomic mass is 10.1. The summed E-state index contributed by atoms with van der Waals surface area (Å²) >= 11 is 0. The van der Waals surface area contributed by atoms with E-state index in [1.165, 1.54) is 27.7 Å². The first-order valence-corrected chi connectivity index (χ1v) is 6.44. The third kappa shape index (κ3) is 2.15. The van der Waals surface area contributed by atoms with Crippen LogP contribution in [0, 0.1) is 6.92 Å². The largest absolute Gasteiger partial charge is 0.364 e. The predicted molar refractivity (Wildman–Crippen MR) is 79.1 cm³/mol. The van der Waals surface area contributed by atoms with Crippen molar-refractivity contribution in [1.82, 2.24) is 4.57 Å². The predicted octanol–water partition coefficient (Wildman–Crippen LogP) is 4.22. The molecule has 0 N–H and O–H groups in total. The van der Waals surface area contributed by atoms with E-state index >= 15 is 0 Å². The third-order valence-corrected chi connectivity index (χ3v) is 3.39. The lowest BCUT2D eigenvalue weighted by Gasteiger charge is -2.10. The molecule has 3 rings (SSSR count). The van der Waals surface area contributed by atoms with Gasteiger partial charge < -0.3 is 9.30 Å². The molecule has 19 heavy (non-hydrogen) atoms. The van der Waals surface area contributed by atoms with Gasteiger partial charge in [-0.15, -0.1) is 0 Å². The Morgan fingerprint density at radius 1 is 1.00 bits per heavy atom. The third-order valence-electron chi connectivity index (χ3n) is 3.39. The molecule has 0 saturated heterocycles. The lowest BCUT2D eigenvalue weighted by molar-refractivity contribution is 0.136. The van der Waals surface area contributed by atoms with Crippen LogP contribution < -0.4 is 0 Å². The second-order valence-electron chi connectivity index (χ2n) is 4.80. The fraction of sp³-hybridized carbons (Fsp3) is 0.176. The molecule has 0 spiro atoms. The Labute approximate surface area is 113 Å². The number of nitrogens with zero attached hydrogens (tertiary/aromatic N) is 1. The molecule has 0 atom stereocenters. The summed E-state index contributed by atoms with van der Waals surface area (Å²) in [6.07, 6.45) is 0. The van der Waals surface area contributed by atoms with E-state index in [2.05, 4.69) is 60.0 Å². The van der Waals surface area contributed by atoms with Gasteiger partial charge in [-0.1, -0.05) is 42.5 Å². The number of benzene rings is 2. The normalized spacial score (nSPS) is 11.1. The van der Waals surface area contributed by atoms with E-state index in [-0.39, 0.29) is 0 Å². The van der Waals surface area contributed by atoms with Gasteiger partial charge in [0.2, 0.25) is 0 Å². The smallest absolute Gasteiger partial charge is 0.123 e. The second-order valence-corrected chi connectivity index (χ2v) is 4.80. The van der Waals surface area contributed by atoms with Crippen molar-refractivity contribution in [3.8, 4) is 11.3 Å². The molecule has 2 aromatic carbocycles. The van der Waals surface area contributed by atoms with Gasteiger partial charge in [-0.3, -0.25) is 0 Å². The zero-order valence-corrected chi connectivity index (χ0v) is 11.3. The highest BCUT2D eigenvalue weighted by Crippen LogP contribution is 2.28. The Morgan fingerprint density at radius 2 is 1.79 bits per heavy atom. The maximum Gasteiger partial charge on any atom is 0.123 e. The van der Waals surface area contributed by atoms with Crippen LogP contribution >= 0.6 is 0 Å². The van der Waals surface area contributed by atoms with Crippen molar-refractivity contribution in [3.63, 3.8) is 0 Å². The van der Waals surface area contributed by atoms with Gasteiger partial charge in [-0.05, 0) is 30.2 Å². The van der Waals surface area contributed by atoms with E-state index < -0.39 is 0 Å². The van der Waals surface area contributed by atoms with Crippen LogP contribution in [-0.4, -0.2) is 11.7 Å². The molecule has 0 radical (unpaired) electrons. The summed E-state index contributed by atoms with van der Waals surface area (Å²) in [7, 11) is 1.73. The Kier molecular flexibility index (Phi) is 3.10. The first kappa shape index (κ1) is 12.0. The van der Waals surface area contributed by atoms with Gasteiger partial charge in [0.1, 0.15) is 6.73 Å². The number of hydrogen-bond acceptors (Lipinski definition) is 1. The summed E-state index contributed by atoms with van der Waals surface area (Å²) in [5.41, 5.74) is 4.90. The van der Waals surface area contributed by atoms with Gasteiger partial charge in [0.05, 0.1) is 11.2 Å². The minimum absolute atomic E-state index is 0.567. The molecule has 0 saturated carbocycles. The highest BCUT2D eigenvalue weighted by Gasteiger charge is 2.10. The van der Waals surface area contributed by atoms with Crippen LogP contribution in [0.1, 0.15) is 5.56 Å². The van der Waals surface area contributed by atoms with Gasteiger partial charge in [-0.25, -0.2) is 0 Å². The van der Waals surface area contributed by atoms with E-state index in [0.29, 0.717) is 6.73 Å². The van der Waals surface area contributed by atoms with E-state index in [1.807, 2.05) is 6.07 Å². The number of methoxy groups -OCH3 is 1.